The van der Waals surface area contributed by atoms with E-state index in [4.69, 9.17) is 0 Å². The van der Waals surface area contributed by atoms with Crippen molar-refractivity contribution in [2.75, 3.05) is 6.54 Å². The Morgan fingerprint density at radius 3 is 2.78 bits per heavy atom. The molecule has 7 heteroatoms. The number of benzene rings is 1. The Labute approximate surface area is 138 Å². The minimum atomic E-state index is -0.0840. The molecule has 2 heterocycles. The molecule has 0 saturated heterocycles. The highest BCUT2D eigenvalue weighted by atomic mass is 32.1. The molecule has 120 valence electrons. The molecule has 0 fully saturated rings. The third kappa shape index (κ3) is 3.24. The summed E-state index contributed by atoms with van der Waals surface area (Å²) in [5.41, 5.74) is 1.59. The van der Waals surface area contributed by atoms with Crippen molar-refractivity contribution >= 4 is 27.5 Å². The Morgan fingerprint density at radius 1 is 1.30 bits per heavy atom. The molecule has 23 heavy (non-hydrogen) atoms. The summed E-state index contributed by atoms with van der Waals surface area (Å²) in [5.74, 6) is 1.51. The number of nitrogens with one attached hydrogen (secondary N) is 1. The van der Waals surface area contributed by atoms with Crippen LogP contribution in [0.1, 0.15) is 40.0 Å². The molecule has 0 unspecified atom stereocenters. The van der Waals surface area contributed by atoms with Gasteiger partial charge in [0.05, 0.1) is 21.3 Å². The molecule has 0 spiro atoms. The van der Waals surface area contributed by atoms with Crippen molar-refractivity contribution in [1.82, 2.24) is 25.1 Å². The van der Waals surface area contributed by atoms with E-state index in [0.29, 0.717) is 12.1 Å². The third-order valence-corrected chi connectivity index (χ3v) is 4.57. The van der Waals surface area contributed by atoms with Crippen molar-refractivity contribution in [1.29, 1.82) is 0 Å². The Hall–Kier alpha value is -2.28. The first-order valence-corrected chi connectivity index (χ1v) is 8.31. The number of amides is 1. The first kappa shape index (κ1) is 15.6. The average molecular weight is 329 g/mol. The van der Waals surface area contributed by atoms with E-state index < -0.39 is 0 Å². The van der Waals surface area contributed by atoms with Gasteiger partial charge < -0.3 is 5.32 Å². The van der Waals surface area contributed by atoms with Crippen LogP contribution in [0.5, 0.6) is 0 Å². The Kier molecular flexibility index (Phi) is 4.12. The quantitative estimate of drug-likeness (QED) is 0.799. The predicted molar refractivity (Wildman–Crippen MR) is 90.9 cm³/mol. The van der Waals surface area contributed by atoms with E-state index in [-0.39, 0.29) is 11.9 Å². The highest BCUT2D eigenvalue weighted by molar-refractivity contribution is 7.18. The van der Waals surface area contributed by atoms with E-state index in [1.165, 1.54) is 0 Å². The number of carbonyl (C=O) groups is 1. The predicted octanol–water partition coefficient (Wildman–Crippen LogP) is 2.80. The van der Waals surface area contributed by atoms with Gasteiger partial charge in [0, 0.05) is 12.1 Å². The SMILES string of the molecule is Cc1nc(C)n([C@@H](C)CNC(=O)c2ccc3nc(C)sc3c2)n1. The van der Waals surface area contributed by atoms with E-state index in [1.54, 1.807) is 11.3 Å². The summed E-state index contributed by atoms with van der Waals surface area (Å²) in [4.78, 5) is 21.0. The van der Waals surface area contributed by atoms with Crippen molar-refractivity contribution in [2.45, 2.75) is 33.7 Å². The van der Waals surface area contributed by atoms with Gasteiger partial charge in [-0.15, -0.1) is 11.3 Å². The standard InChI is InChI=1S/C16H19N5OS/c1-9(21-11(3)18-10(2)20-21)8-17-16(22)13-5-6-14-15(7-13)23-12(4)19-14/h5-7,9H,8H2,1-4H3,(H,17,22)/t9-/m0/s1. The summed E-state index contributed by atoms with van der Waals surface area (Å²) in [6.07, 6.45) is 0. The molecule has 1 atom stereocenters. The fourth-order valence-corrected chi connectivity index (χ4v) is 3.43. The van der Waals surface area contributed by atoms with Crippen LogP contribution in [0.15, 0.2) is 18.2 Å². The molecule has 1 N–H and O–H groups in total. The van der Waals surface area contributed by atoms with Gasteiger partial charge in [0.15, 0.2) is 0 Å². The zero-order valence-electron chi connectivity index (χ0n) is 13.6. The molecule has 3 aromatic rings. The highest BCUT2D eigenvalue weighted by Crippen LogP contribution is 2.22. The van der Waals surface area contributed by atoms with Gasteiger partial charge in [-0.3, -0.25) is 4.79 Å². The van der Waals surface area contributed by atoms with Crippen LogP contribution in [0.25, 0.3) is 10.2 Å². The zero-order chi connectivity index (χ0) is 16.6. The lowest BCUT2D eigenvalue weighted by Crippen LogP contribution is -2.30. The van der Waals surface area contributed by atoms with Crippen LogP contribution >= 0.6 is 11.3 Å². The Morgan fingerprint density at radius 2 is 2.09 bits per heavy atom. The summed E-state index contributed by atoms with van der Waals surface area (Å²) in [7, 11) is 0. The number of carbonyl (C=O) groups excluding carboxylic acids is 1. The summed E-state index contributed by atoms with van der Waals surface area (Å²) in [6.45, 7) is 8.26. The van der Waals surface area contributed by atoms with E-state index in [0.717, 1.165) is 26.9 Å². The van der Waals surface area contributed by atoms with Crippen molar-refractivity contribution in [3.8, 4) is 0 Å². The molecule has 0 radical (unpaired) electrons. The van der Waals surface area contributed by atoms with Crippen molar-refractivity contribution in [2.24, 2.45) is 0 Å². The van der Waals surface area contributed by atoms with Crippen LogP contribution in [-0.2, 0) is 0 Å². The number of nitrogens with zero attached hydrogens (tertiary/aromatic N) is 4. The maximum atomic E-state index is 12.3. The summed E-state index contributed by atoms with van der Waals surface area (Å²) >= 11 is 1.60. The van der Waals surface area contributed by atoms with E-state index in [9.17, 15) is 4.79 Å². The van der Waals surface area contributed by atoms with E-state index in [2.05, 4.69) is 20.4 Å². The first-order valence-electron chi connectivity index (χ1n) is 7.49. The van der Waals surface area contributed by atoms with Crippen LogP contribution < -0.4 is 5.32 Å². The monoisotopic (exact) mass is 329 g/mol. The van der Waals surface area contributed by atoms with Gasteiger partial charge in [0.1, 0.15) is 11.6 Å². The van der Waals surface area contributed by atoms with E-state index in [1.807, 2.05) is 50.6 Å². The number of thiazole rings is 1. The van der Waals surface area contributed by atoms with E-state index >= 15 is 0 Å². The van der Waals surface area contributed by atoms with Crippen molar-refractivity contribution < 1.29 is 4.79 Å². The Balaban J connectivity index is 1.69. The second-order valence-electron chi connectivity index (χ2n) is 5.63. The summed E-state index contributed by atoms with van der Waals surface area (Å²) in [6, 6.07) is 5.65. The zero-order valence-corrected chi connectivity index (χ0v) is 14.4. The summed E-state index contributed by atoms with van der Waals surface area (Å²) in [5, 5.41) is 8.32. The van der Waals surface area contributed by atoms with Gasteiger partial charge in [-0.25, -0.2) is 14.6 Å². The lowest BCUT2D eigenvalue weighted by atomic mass is 10.2. The number of hydrogen-bond donors (Lipinski definition) is 1. The highest BCUT2D eigenvalue weighted by Gasteiger charge is 2.13. The Bertz CT molecular complexity index is 867. The smallest absolute Gasteiger partial charge is 0.251 e. The largest absolute Gasteiger partial charge is 0.350 e. The fourth-order valence-electron chi connectivity index (χ4n) is 2.56. The van der Waals surface area contributed by atoms with Gasteiger partial charge in [-0.05, 0) is 45.9 Å². The number of rotatable bonds is 4. The molecule has 1 aromatic carbocycles. The van der Waals surface area contributed by atoms with Crippen LogP contribution in [0.4, 0.5) is 0 Å². The molecule has 0 aliphatic carbocycles. The van der Waals surface area contributed by atoms with Gasteiger partial charge in [0.2, 0.25) is 0 Å². The number of fused-ring (bicyclic) bond motifs is 1. The summed E-state index contributed by atoms with van der Waals surface area (Å²) < 4.78 is 2.87. The lowest BCUT2D eigenvalue weighted by Gasteiger charge is -2.14. The normalized spacial score (nSPS) is 12.5. The maximum absolute atomic E-state index is 12.3. The van der Waals surface area contributed by atoms with Crippen molar-refractivity contribution in [3.63, 3.8) is 0 Å². The molecule has 1 amide bonds. The van der Waals surface area contributed by atoms with Crippen LogP contribution in [-0.4, -0.2) is 32.2 Å². The molecule has 6 nitrogen and oxygen atoms in total. The lowest BCUT2D eigenvalue weighted by molar-refractivity contribution is 0.0948. The molecule has 0 aliphatic rings. The van der Waals surface area contributed by atoms with Crippen molar-refractivity contribution in [3.05, 3.63) is 40.4 Å². The van der Waals surface area contributed by atoms with Gasteiger partial charge in [-0.2, -0.15) is 5.10 Å². The number of hydrogen-bond acceptors (Lipinski definition) is 5. The second kappa shape index (κ2) is 6.08. The molecular weight excluding hydrogens is 310 g/mol. The van der Waals surface area contributed by atoms with Gasteiger partial charge in [-0.1, -0.05) is 0 Å². The minimum Gasteiger partial charge on any atom is -0.350 e. The number of aromatic nitrogens is 4. The molecule has 0 bridgehead atoms. The molecule has 3 rings (SSSR count). The average Bonchev–Trinajstić information content (AvgIpc) is 3.04. The number of aryl methyl sites for hydroxylation is 3. The minimum absolute atomic E-state index is 0.0505. The second-order valence-corrected chi connectivity index (χ2v) is 6.86. The molecule has 2 aromatic heterocycles. The van der Waals surface area contributed by atoms with Crippen LogP contribution in [0.3, 0.4) is 0 Å². The van der Waals surface area contributed by atoms with Gasteiger partial charge in [0.25, 0.3) is 5.91 Å². The molecular formula is C16H19N5OS. The van der Waals surface area contributed by atoms with Gasteiger partial charge >= 0.3 is 0 Å². The molecule has 0 aliphatic heterocycles. The topological polar surface area (TPSA) is 72.7 Å². The maximum Gasteiger partial charge on any atom is 0.251 e. The third-order valence-electron chi connectivity index (χ3n) is 3.64. The first-order chi connectivity index (χ1) is 10.9. The molecule has 0 saturated carbocycles. The van der Waals surface area contributed by atoms with Crippen LogP contribution in [0, 0.1) is 20.8 Å². The fraction of sp³-hybridized carbons (Fsp3) is 0.375. The van der Waals surface area contributed by atoms with Crippen LogP contribution in [0.2, 0.25) is 0 Å².